The lowest BCUT2D eigenvalue weighted by Gasteiger charge is -2.16. The van der Waals surface area contributed by atoms with Crippen LogP contribution >= 0.6 is 24.0 Å². The van der Waals surface area contributed by atoms with Crippen molar-refractivity contribution in [1.29, 1.82) is 0 Å². The van der Waals surface area contributed by atoms with Gasteiger partial charge in [0.05, 0.1) is 6.10 Å². The lowest BCUT2D eigenvalue weighted by Crippen LogP contribution is -2.30. The van der Waals surface area contributed by atoms with E-state index in [1.165, 1.54) is 0 Å². The number of rotatable bonds is 6. The van der Waals surface area contributed by atoms with Crippen molar-refractivity contribution in [3.05, 3.63) is 34.9 Å². The van der Waals surface area contributed by atoms with Crippen molar-refractivity contribution >= 4 is 29.9 Å². The first-order chi connectivity index (χ1) is 8.17. The van der Waals surface area contributed by atoms with Crippen LogP contribution in [-0.2, 0) is 9.53 Å². The molecule has 1 aromatic carbocycles. The van der Waals surface area contributed by atoms with Gasteiger partial charge >= 0.3 is 0 Å². The number of methoxy groups -OCH3 is 1. The Morgan fingerprint density at radius 1 is 1.56 bits per heavy atom. The van der Waals surface area contributed by atoms with Gasteiger partial charge in [-0.25, -0.2) is 0 Å². The Labute approximate surface area is 118 Å². The van der Waals surface area contributed by atoms with Gasteiger partial charge in [0.15, 0.2) is 0 Å². The number of carbonyl (C=O) groups excluding carboxylic acids is 1. The number of nitrogens with two attached hydrogens (primary N) is 1. The molecule has 1 aromatic rings. The van der Waals surface area contributed by atoms with Crippen molar-refractivity contribution in [1.82, 2.24) is 5.32 Å². The lowest BCUT2D eigenvalue weighted by molar-refractivity contribution is -0.121. The summed E-state index contributed by atoms with van der Waals surface area (Å²) in [6.07, 6.45) is 0.127. The van der Waals surface area contributed by atoms with Crippen LogP contribution in [0.25, 0.3) is 0 Å². The molecule has 0 fully saturated rings. The van der Waals surface area contributed by atoms with Crippen molar-refractivity contribution in [2.75, 3.05) is 20.2 Å². The summed E-state index contributed by atoms with van der Waals surface area (Å²) in [6.45, 7) is 0.760. The summed E-state index contributed by atoms with van der Waals surface area (Å²) in [6, 6.07) is 7.39. The number of nitrogens with one attached hydrogen (secondary N) is 1. The molecule has 0 aromatic heterocycles. The molecular weight excluding hydrogens is 275 g/mol. The number of ether oxygens (including phenoxy) is 1. The van der Waals surface area contributed by atoms with Gasteiger partial charge in [-0.05, 0) is 17.7 Å². The number of hydrogen-bond acceptors (Lipinski definition) is 3. The molecule has 1 amide bonds. The molecular formula is C12H18Cl2N2O2. The molecule has 1 atom stereocenters. The van der Waals surface area contributed by atoms with Crippen LogP contribution in [0.15, 0.2) is 24.3 Å². The van der Waals surface area contributed by atoms with E-state index in [1.54, 1.807) is 13.2 Å². The van der Waals surface area contributed by atoms with Gasteiger partial charge in [-0.1, -0.05) is 23.7 Å². The second-order valence-electron chi connectivity index (χ2n) is 3.62. The van der Waals surface area contributed by atoms with E-state index in [-0.39, 0.29) is 24.4 Å². The standard InChI is InChI=1S/C12H17ClN2O2.ClH/c1-17-11(8-15-12(16)5-6-14)9-3-2-4-10(13)7-9;/h2-4,7,11H,5-6,8,14H2,1H3,(H,15,16);1H. The summed E-state index contributed by atoms with van der Waals surface area (Å²) in [7, 11) is 1.60. The highest BCUT2D eigenvalue weighted by molar-refractivity contribution is 6.30. The van der Waals surface area contributed by atoms with Gasteiger partial charge in [-0.3, -0.25) is 4.79 Å². The van der Waals surface area contributed by atoms with Crippen molar-refractivity contribution in [3.8, 4) is 0 Å². The largest absolute Gasteiger partial charge is 0.375 e. The van der Waals surface area contributed by atoms with E-state index in [0.29, 0.717) is 24.5 Å². The van der Waals surface area contributed by atoms with Gasteiger partial charge in [0.1, 0.15) is 0 Å². The molecule has 0 aliphatic rings. The van der Waals surface area contributed by atoms with Gasteiger partial charge in [0.2, 0.25) is 5.91 Å². The van der Waals surface area contributed by atoms with E-state index < -0.39 is 0 Å². The van der Waals surface area contributed by atoms with Crippen LogP contribution in [0.5, 0.6) is 0 Å². The maximum absolute atomic E-state index is 11.3. The molecule has 0 heterocycles. The Morgan fingerprint density at radius 2 is 2.28 bits per heavy atom. The molecule has 0 spiro atoms. The summed E-state index contributed by atoms with van der Waals surface area (Å²) in [4.78, 5) is 11.3. The molecule has 0 aliphatic carbocycles. The van der Waals surface area contributed by atoms with Gasteiger partial charge < -0.3 is 15.8 Å². The molecule has 0 saturated carbocycles. The molecule has 3 N–H and O–H groups in total. The first kappa shape index (κ1) is 17.2. The molecule has 1 unspecified atom stereocenters. The van der Waals surface area contributed by atoms with Crippen LogP contribution in [0.2, 0.25) is 5.02 Å². The summed E-state index contributed by atoms with van der Waals surface area (Å²) < 4.78 is 5.32. The first-order valence-electron chi connectivity index (χ1n) is 5.42. The zero-order chi connectivity index (χ0) is 12.7. The molecule has 102 valence electrons. The zero-order valence-corrected chi connectivity index (χ0v) is 11.8. The normalized spacial score (nSPS) is 11.5. The molecule has 18 heavy (non-hydrogen) atoms. The maximum Gasteiger partial charge on any atom is 0.221 e. The SMILES string of the molecule is COC(CNC(=O)CCN)c1cccc(Cl)c1.Cl. The maximum atomic E-state index is 11.3. The lowest BCUT2D eigenvalue weighted by atomic mass is 10.1. The third kappa shape index (κ3) is 5.69. The third-order valence-corrected chi connectivity index (χ3v) is 2.60. The van der Waals surface area contributed by atoms with Gasteiger partial charge in [-0.15, -0.1) is 12.4 Å². The smallest absolute Gasteiger partial charge is 0.221 e. The second-order valence-corrected chi connectivity index (χ2v) is 4.06. The minimum atomic E-state index is -0.199. The van der Waals surface area contributed by atoms with E-state index in [9.17, 15) is 4.79 Å². The van der Waals surface area contributed by atoms with Crippen molar-refractivity contribution < 1.29 is 9.53 Å². The van der Waals surface area contributed by atoms with E-state index in [0.717, 1.165) is 5.56 Å². The Morgan fingerprint density at radius 3 is 2.83 bits per heavy atom. The third-order valence-electron chi connectivity index (χ3n) is 2.36. The summed E-state index contributed by atoms with van der Waals surface area (Å²) >= 11 is 5.90. The number of hydrogen-bond donors (Lipinski definition) is 2. The number of amides is 1. The molecule has 0 saturated heterocycles. The van der Waals surface area contributed by atoms with E-state index >= 15 is 0 Å². The van der Waals surface area contributed by atoms with Gasteiger partial charge in [-0.2, -0.15) is 0 Å². The van der Waals surface area contributed by atoms with Crippen LogP contribution in [0.3, 0.4) is 0 Å². The average Bonchev–Trinajstić information content (AvgIpc) is 2.30. The summed E-state index contributed by atoms with van der Waals surface area (Å²) in [5.74, 6) is -0.0726. The molecule has 4 nitrogen and oxygen atoms in total. The first-order valence-corrected chi connectivity index (χ1v) is 5.80. The fourth-order valence-corrected chi connectivity index (χ4v) is 1.67. The van der Waals surface area contributed by atoms with E-state index in [4.69, 9.17) is 22.1 Å². The Bertz CT molecular complexity index is 375. The Kier molecular flexibility index (Phi) is 8.75. The van der Waals surface area contributed by atoms with Gasteiger partial charge in [0.25, 0.3) is 0 Å². The van der Waals surface area contributed by atoms with Crippen LogP contribution in [0, 0.1) is 0 Å². The van der Waals surface area contributed by atoms with Crippen molar-refractivity contribution in [3.63, 3.8) is 0 Å². The fourth-order valence-electron chi connectivity index (χ4n) is 1.47. The van der Waals surface area contributed by atoms with Crippen molar-refractivity contribution in [2.45, 2.75) is 12.5 Å². The second kappa shape index (κ2) is 9.16. The number of benzene rings is 1. The Balaban J connectivity index is 0.00000289. The van der Waals surface area contributed by atoms with Crippen LogP contribution in [0.4, 0.5) is 0 Å². The topological polar surface area (TPSA) is 64.3 Å². The monoisotopic (exact) mass is 292 g/mol. The summed E-state index contributed by atoms with van der Waals surface area (Å²) in [5, 5.41) is 3.42. The number of halogens is 2. The number of carbonyl (C=O) groups is 1. The van der Waals surface area contributed by atoms with Gasteiger partial charge in [0, 0.05) is 31.6 Å². The average molecular weight is 293 g/mol. The van der Waals surface area contributed by atoms with Crippen molar-refractivity contribution in [2.24, 2.45) is 5.73 Å². The highest BCUT2D eigenvalue weighted by atomic mass is 35.5. The minimum Gasteiger partial charge on any atom is -0.375 e. The predicted octanol–water partition coefficient (Wildman–Crippen LogP) is 1.91. The minimum absolute atomic E-state index is 0. The quantitative estimate of drug-likeness (QED) is 0.842. The Hall–Kier alpha value is -0.810. The van der Waals surface area contributed by atoms with Crippen LogP contribution < -0.4 is 11.1 Å². The fraction of sp³-hybridized carbons (Fsp3) is 0.417. The predicted molar refractivity (Wildman–Crippen MR) is 75.1 cm³/mol. The molecule has 6 heteroatoms. The molecule has 0 bridgehead atoms. The highest BCUT2D eigenvalue weighted by Crippen LogP contribution is 2.19. The molecule has 1 rings (SSSR count). The summed E-state index contributed by atoms with van der Waals surface area (Å²) in [5.41, 5.74) is 6.23. The molecule has 0 radical (unpaired) electrons. The van der Waals surface area contributed by atoms with E-state index in [2.05, 4.69) is 5.32 Å². The molecule has 0 aliphatic heterocycles. The highest BCUT2D eigenvalue weighted by Gasteiger charge is 2.11. The zero-order valence-electron chi connectivity index (χ0n) is 10.2. The van der Waals surface area contributed by atoms with Crippen LogP contribution in [-0.4, -0.2) is 26.1 Å². The van der Waals surface area contributed by atoms with E-state index in [1.807, 2.05) is 18.2 Å². The van der Waals surface area contributed by atoms with Crippen LogP contribution in [0.1, 0.15) is 18.1 Å².